The molecule has 38 heavy (non-hydrogen) atoms. The van der Waals surface area contributed by atoms with Gasteiger partial charge in [0, 0.05) is 11.1 Å². The molecule has 0 amide bonds. The van der Waals surface area contributed by atoms with Crippen LogP contribution in [-0.4, -0.2) is 39.6 Å². The molecule has 0 aliphatic rings. The second-order valence-electron chi connectivity index (χ2n) is 8.22. The number of aromatic nitrogens is 8. The van der Waals surface area contributed by atoms with Crippen LogP contribution in [0.3, 0.4) is 0 Å². The number of ether oxygens (including phenoxy) is 2. The van der Waals surface area contributed by atoms with E-state index in [0.717, 1.165) is 31.1 Å². The molecule has 0 saturated carbocycles. The highest BCUT2D eigenvalue weighted by Crippen LogP contribution is 2.27. The van der Waals surface area contributed by atoms with Gasteiger partial charge in [-0.15, -0.1) is 20.4 Å². The molecule has 7 aromatic rings. The van der Waals surface area contributed by atoms with Crippen molar-refractivity contribution in [3.05, 3.63) is 96.6 Å². The van der Waals surface area contributed by atoms with Crippen LogP contribution in [0, 0.1) is 0 Å². The van der Waals surface area contributed by atoms with Crippen LogP contribution in [0.1, 0.15) is 11.6 Å². The van der Waals surface area contributed by atoms with Crippen LogP contribution in [-0.2, 0) is 13.2 Å². The third-order valence-corrected chi connectivity index (χ3v) is 7.61. The fraction of sp³-hybridized carbons (Fsp3) is 0.0769. The molecule has 186 valence electrons. The monoisotopic (exact) mass is 538 g/mol. The van der Waals surface area contributed by atoms with Crippen molar-refractivity contribution >= 4 is 32.6 Å². The van der Waals surface area contributed by atoms with E-state index in [-0.39, 0.29) is 13.2 Å². The maximum absolute atomic E-state index is 5.93. The van der Waals surface area contributed by atoms with Crippen LogP contribution in [0.25, 0.3) is 31.1 Å². The molecule has 0 unspecified atom stereocenters. The fourth-order valence-electron chi connectivity index (χ4n) is 3.82. The average molecular weight is 539 g/mol. The number of rotatable bonds is 8. The quantitative estimate of drug-likeness (QED) is 0.261. The summed E-state index contributed by atoms with van der Waals surface area (Å²) in [5.41, 5.74) is 2.09. The molecular weight excluding hydrogens is 520 g/mol. The molecule has 0 aliphatic heterocycles. The van der Waals surface area contributed by atoms with Gasteiger partial charge in [-0.3, -0.25) is 0 Å². The molecule has 10 nitrogen and oxygen atoms in total. The summed E-state index contributed by atoms with van der Waals surface area (Å²) in [7, 11) is 0. The Bertz CT molecular complexity index is 1690. The molecule has 0 bridgehead atoms. The number of hydrogen-bond acceptors (Lipinski definition) is 10. The van der Waals surface area contributed by atoms with Crippen molar-refractivity contribution in [1.29, 1.82) is 0 Å². The van der Waals surface area contributed by atoms with Crippen molar-refractivity contribution in [2.75, 3.05) is 0 Å². The van der Waals surface area contributed by atoms with Crippen LogP contribution >= 0.6 is 22.7 Å². The third-order valence-electron chi connectivity index (χ3n) is 5.71. The predicted octanol–water partition coefficient (Wildman–Crippen LogP) is 5.18. The summed E-state index contributed by atoms with van der Waals surface area (Å²) in [6.45, 7) is 0.481. The van der Waals surface area contributed by atoms with Gasteiger partial charge >= 0.3 is 0 Å². The zero-order valence-electron chi connectivity index (χ0n) is 19.7. The molecule has 0 fully saturated rings. The van der Waals surface area contributed by atoms with E-state index in [9.17, 15) is 0 Å². The molecule has 7 rings (SSSR count). The Hall–Kier alpha value is -4.68. The molecule has 0 N–H and O–H groups in total. The molecule has 0 spiro atoms. The Morgan fingerprint density at radius 1 is 0.526 bits per heavy atom. The summed E-state index contributed by atoms with van der Waals surface area (Å²) in [6, 6.07) is 27.4. The van der Waals surface area contributed by atoms with Crippen molar-refractivity contribution in [1.82, 2.24) is 39.6 Å². The van der Waals surface area contributed by atoms with Crippen molar-refractivity contribution in [2.24, 2.45) is 0 Å². The molecule has 4 aromatic heterocycles. The second kappa shape index (κ2) is 9.65. The highest BCUT2D eigenvalue weighted by atomic mass is 32.1. The third kappa shape index (κ3) is 4.35. The van der Waals surface area contributed by atoms with Gasteiger partial charge in [-0.25, -0.2) is 0 Å². The molecule has 12 heteroatoms. The zero-order valence-corrected chi connectivity index (χ0v) is 21.3. The molecule has 4 heterocycles. The number of hydrogen-bond donors (Lipinski definition) is 0. The topological polar surface area (TPSA) is 105 Å². The first-order valence-corrected chi connectivity index (χ1v) is 13.3. The SMILES string of the molecule is c1ccc(-c2nn3c(COc4ccc(OCc5nnc6sc(-c7ccccc7)nn56)cc4)nnc3s2)cc1. The van der Waals surface area contributed by atoms with Crippen LogP contribution in [0.2, 0.25) is 0 Å². The smallest absolute Gasteiger partial charge is 0.235 e. The maximum Gasteiger partial charge on any atom is 0.235 e. The normalized spacial score (nSPS) is 11.4. The molecule has 0 saturated heterocycles. The summed E-state index contributed by atoms with van der Waals surface area (Å²) < 4.78 is 15.3. The van der Waals surface area contributed by atoms with Gasteiger partial charge in [0.05, 0.1) is 0 Å². The summed E-state index contributed by atoms with van der Waals surface area (Å²) in [6.07, 6.45) is 0. The Balaban J connectivity index is 0.993. The van der Waals surface area contributed by atoms with Crippen molar-refractivity contribution in [3.63, 3.8) is 0 Å². The highest BCUT2D eigenvalue weighted by Gasteiger charge is 2.15. The van der Waals surface area contributed by atoms with E-state index in [0.29, 0.717) is 23.1 Å². The summed E-state index contributed by atoms with van der Waals surface area (Å²) in [5, 5.41) is 28.0. The first kappa shape index (κ1) is 22.5. The van der Waals surface area contributed by atoms with Gasteiger partial charge in [-0.05, 0) is 24.3 Å². The minimum atomic E-state index is 0.241. The molecule has 3 aromatic carbocycles. The van der Waals surface area contributed by atoms with E-state index in [4.69, 9.17) is 9.47 Å². The van der Waals surface area contributed by atoms with Crippen molar-refractivity contribution in [3.8, 4) is 32.6 Å². The Kier molecular flexibility index (Phi) is 5.72. The van der Waals surface area contributed by atoms with Crippen LogP contribution in [0.15, 0.2) is 84.9 Å². The average Bonchev–Trinajstić information content (AvgIpc) is 3.74. The van der Waals surface area contributed by atoms with Gasteiger partial charge in [-0.2, -0.15) is 19.2 Å². The van der Waals surface area contributed by atoms with Gasteiger partial charge in [0.25, 0.3) is 0 Å². The van der Waals surface area contributed by atoms with E-state index >= 15 is 0 Å². The van der Waals surface area contributed by atoms with Gasteiger partial charge in [0.2, 0.25) is 9.92 Å². The van der Waals surface area contributed by atoms with Gasteiger partial charge in [0.1, 0.15) is 34.7 Å². The molecular formula is C26H18N8O2S2. The van der Waals surface area contributed by atoms with Crippen LogP contribution < -0.4 is 9.47 Å². The van der Waals surface area contributed by atoms with E-state index in [1.165, 1.54) is 22.7 Å². The Morgan fingerprint density at radius 3 is 1.37 bits per heavy atom. The van der Waals surface area contributed by atoms with Crippen LogP contribution in [0.5, 0.6) is 11.5 Å². The largest absolute Gasteiger partial charge is 0.486 e. The van der Waals surface area contributed by atoms with Crippen molar-refractivity contribution < 1.29 is 9.47 Å². The first-order valence-electron chi connectivity index (χ1n) is 11.7. The number of fused-ring (bicyclic) bond motifs is 2. The zero-order chi connectivity index (χ0) is 25.3. The van der Waals surface area contributed by atoms with E-state index < -0.39 is 0 Å². The van der Waals surface area contributed by atoms with E-state index in [1.54, 1.807) is 9.03 Å². The lowest BCUT2D eigenvalue weighted by Gasteiger charge is -2.07. The van der Waals surface area contributed by atoms with Crippen LogP contribution in [0.4, 0.5) is 0 Å². The summed E-state index contributed by atoms with van der Waals surface area (Å²) >= 11 is 2.98. The lowest BCUT2D eigenvalue weighted by Crippen LogP contribution is -2.03. The first-order chi connectivity index (χ1) is 18.8. The Morgan fingerprint density at radius 2 is 0.947 bits per heavy atom. The maximum atomic E-state index is 5.93. The molecule has 0 atom stereocenters. The molecule has 0 aliphatic carbocycles. The minimum Gasteiger partial charge on any atom is -0.486 e. The number of benzene rings is 3. The standard InChI is InChI=1S/C26H18N8O2S2/c1-3-7-17(8-4-1)23-31-33-21(27-29-25(33)37-23)15-35-19-11-13-20(14-12-19)36-16-22-28-30-26-34(22)32-24(38-26)18-9-5-2-6-10-18/h1-14H,15-16H2. The summed E-state index contributed by atoms with van der Waals surface area (Å²) in [5.74, 6) is 2.63. The van der Waals surface area contributed by atoms with Gasteiger partial charge in [-0.1, -0.05) is 83.3 Å². The minimum absolute atomic E-state index is 0.241. The highest BCUT2D eigenvalue weighted by molar-refractivity contribution is 7.20. The molecule has 0 radical (unpaired) electrons. The Labute approximate surface area is 223 Å². The predicted molar refractivity (Wildman–Crippen MR) is 143 cm³/mol. The second-order valence-corrected chi connectivity index (χ2v) is 10.1. The number of nitrogens with zero attached hydrogens (tertiary/aromatic N) is 8. The van der Waals surface area contributed by atoms with Gasteiger partial charge in [0.15, 0.2) is 11.6 Å². The van der Waals surface area contributed by atoms with E-state index in [1.807, 2.05) is 84.9 Å². The summed E-state index contributed by atoms with van der Waals surface area (Å²) in [4.78, 5) is 1.45. The van der Waals surface area contributed by atoms with E-state index in [2.05, 4.69) is 30.6 Å². The van der Waals surface area contributed by atoms with Crippen molar-refractivity contribution in [2.45, 2.75) is 13.2 Å². The lowest BCUT2D eigenvalue weighted by atomic mass is 10.2. The fourth-order valence-corrected chi connectivity index (χ4v) is 5.54. The van der Waals surface area contributed by atoms with Gasteiger partial charge < -0.3 is 9.47 Å². The lowest BCUT2D eigenvalue weighted by molar-refractivity contribution is 0.284.